The first kappa shape index (κ1) is 10.2. The highest BCUT2D eigenvalue weighted by molar-refractivity contribution is 9.09. The van der Waals surface area contributed by atoms with Gasteiger partial charge in [-0.3, -0.25) is 10.1 Å². The topological polar surface area (TPSA) is 55.1 Å². The number of hydrogen-bond acceptors (Lipinski definition) is 3. The molecular weight excluding hydrogens is 236 g/mol. The van der Waals surface area contributed by atoms with Gasteiger partial charge in [-0.25, -0.2) is 0 Å². The molecule has 0 saturated heterocycles. The van der Waals surface area contributed by atoms with E-state index in [1.54, 1.807) is 0 Å². The Labute approximate surface area is 84.8 Å². The van der Waals surface area contributed by atoms with Gasteiger partial charge in [-0.1, -0.05) is 21.1 Å². The van der Waals surface area contributed by atoms with E-state index in [1.165, 1.54) is 0 Å². The Bertz CT molecular complexity index is 309. The first-order valence-corrected chi connectivity index (χ1v) is 5.06. The van der Waals surface area contributed by atoms with Crippen LogP contribution < -0.4 is 5.32 Å². The van der Waals surface area contributed by atoms with E-state index in [2.05, 4.69) is 26.4 Å². The molecule has 4 nitrogen and oxygen atoms in total. The zero-order chi connectivity index (χ0) is 9.84. The number of nitrogens with one attached hydrogen (secondary N) is 1. The number of aromatic nitrogens is 1. The number of nitrogens with zero attached hydrogens (tertiary/aromatic N) is 1. The van der Waals surface area contributed by atoms with E-state index in [9.17, 15) is 4.79 Å². The summed E-state index contributed by atoms with van der Waals surface area (Å²) in [5.74, 6) is 0.375. The van der Waals surface area contributed by atoms with Crippen LogP contribution in [0, 0.1) is 13.8 Å². The zero-order valence-electron chi connectivity index (χ0n) is 7.56. The SMILES string of the molecule is Cc1noc(NC(=O)CCBr)c1C. The molecule has 0 saturated carbocycles. The lowest BCUT2D eigenvalue weighted by Crippen LogP contribution is -2.11. The van der Waals surface area contributed by atoms with Crippen molar-refractivity contribution in [3.63, 3.8) is 0 Å². The molecular formula is C8H11BrN2O2. The molecule has 1 rings (SSSR count). The largest absolute Gasteiger partial charge is 0.338 e. The van der Waals surface area contributed by atoms with Gasteiger partial charge in [0.25, 0.3) is 0 Å². The van der Waals surface area contributed by atoms with Crippen LogP contribution in [0.5, 0.6) is 0 Å². The summed E-state index contributed by atoms with van der Waals surface area (Å²) in [6, 6.07) is 0. The normalized spacial score (nSPS) is 10.1. The number of hydrogen-bond donors (Lipinski definition) is 1. The van der Waals surface area contributed by atoms with Gasteiger partial charge in [0.05, 0.1) is 5.69 Å². The second-order valence-electron chi connectivity index (χ2n) is 2.71. The Hall–Kier alpha value is -0.840. The lowest BCUT2D eigenvalue weighted by Gasteiger charge is -1.98. The maximum atomic E-state index is 11.1. The molecule has 1 aromatic rings. The van der Waals surface area contributed by atoms with Crippen molar-refractivity contribution in [1.82, 2.24) is 5.16 Å². The highest BCUT2D eigenvalue weighted by atomic mass is 79.9. The minimum Gasteiger partial charge on any atom is -0.338 e. The summed E-state index contributed by atoms with van der Waals surface area (Å²) in [6.45, 7) is 3.69. The molecule has 0 radical (unpaired) electrons. The highest BCUT2D eigenvalue weighted by Gasteiger charge is 2.10. The molecule has 0 aliphatic carbocycles. The zero-order valence-corrected chi connectivity index (χ0v) is 9.14. The molecule has 5 heteroatoms. The molecule has 0 spiro atoms. The number of alkyl halides is 1. The molecule has 0 aromatic carbocycles. The smallest absolute Gasteiger partial charge is 0.234 e. The van der Waals surface area contributed by atoms with Crippen molar-refractivity contribution < 1.29 is 9.32 Å². The van der Waals surface area contributed by atoms with Crippen molar-refractivity contribution >= 4 is 27.7 Å². The van der Waals surface area contributed by atoms with Crippen LogP contribution in [0.4, 0.5) is 5.88 Å². The molecule has 0 bridgehead atoms. The Balaban J connectivity index is 2.64. The Morgan fingerprint density at radius 3 is 2.77 bits per heavy atom. The van der Waals surface area contributed by atoms with Crippen LogP contribution in [0.25, 0.3) is 0 Å². The molecule has 1 amide bonds. The van der Waals surface area contributed by atoms with Gasteiger partial charge in [0, 0.05) is 17.3 Å². The van der Waals surface area contributed by atoms with Gasteiger partial charge in [-0.05, 0) is 13.8 Å². The summed E-state index contributed by atoms with van der Waals surface area (Å²) < 4.78 is 4.91. The number of anilines is 1. The number of halogens is 1. The van der Waals surface area contributed by atoms with Crippen LogP contribution in [0.3, 0.4) is 0 Å². The molecule has 1 N–H and O–H groups in total. The minimum atomic E-state index is -0.0730. The molecule has 0 aliphatic rings. The monoisotopic (exact) mass is 246 g/mol. The predicted octanol–water partition coefficient (Wildman–Crippen LogP) is 2.01. The van der Waals surface area contributed by atoms with Crippen molar-refractivity contribution in [3.05, 3.63) is 11.3 Å². The molecule has 0 atom stereocenters. The summed E-state index contributed by atoms with van der Waals surface area (Å²) in [5.41, 5.74) is 1.68. The first-order chi connectivity index (χ1) is 6.15. The van der Waals surface area contributed by atoms with E-state index in [4.69, 9.17) is 4.52 Å². The number of aryl methyl sites for hydroxylation is 1. The van der Waals surface area contributed by atoms with Crippen LogP contribution in [-0.4, -0.2) is 16.4 Å². The summed E-state index contributed by atoms with van der Waals surface area (Å²) >= 11 is 3.18. The Morgan fingerprint density at radius 2 is 2.31 bits per heavy atom. The third-order valence-electron chi connectivity index (χ3n) is 1.73. The Kier molecular flexibility index (Phi) is 3.48. The van der Waals surface area contributed by atoms with Crippen LogP contribution in [0.1, 0.15) is 17.7 Å². The summed E-state index contributed by atoms with van der Waals surface area (Å²) in [7, 11) is 0. The van der Waals surface area contributed by atoms with Gasteiger partial charge >= 0.3 is 0 Å². The lowest BCUT2D eigenvalue weighted by molar-refractivity contribution is -0.115. The van der Waals surface area contributed by atoms with Crippen LogP contribution >= 0.6 is 15.9 Å². The minimum absolute atomic E-state index is 0.0730. The van der Waals surface area contributed by atoms with E-state index in [1.807, 2.05) is 13.8 Å². The average Bonchev–Trinajstić information content (AvgIpc) is 2.37. The highest BCUT2D eigenvalue weighted by Crippen LogP contribution is 2.17. The number of carbonyl (C=O) groups excluding carboxylic acids is 1. The van der Waals surface area contributed by atoms with E-state index in [0.29, 0.717) is 17.6 Å². The van der Waals surface area contributed by atoms with Gasteiger partial charge in [0.1, 0.15) is 0 Å². The molecule has 0 aliphatic heterocycles. The third-order valence-corrected chi connectivity index (χ3v) is 2.13. The van der Waals surface area contributed by atoms with Gasteiger partial charge in [-0.15, -0.1) is 0 Å². The van der Waals surface area contributed by atoms with Gasteiger partial charge < -0.3 is 4.52 Å². The standard InChI is InChI=1S/C8H11BrN2O2/c1-5-6(2)11-13-8(5)10-7(12)3-4-9/h3-4H2,1-2H3,(H,10,12). The van der Waals surface area contributed by atoms with Gasteiger partial charge in [0.2, 0.25) is 11.8 Å². The quantitative estimate of drug-likeness (QED) is 0.831. The maximum Gasteiger partial charge on any atom is 0.234 e. The lowest BCUT2D eigenvalue weighted by atomic mass is 10.3. The molecule has 0 unspecified atom stereocenters. The van der Waals surface area contributed by atoms with Gasteiger partial charge in [-0.2, -0.15) is 0 Å². The number of amides is 1. The number of carbonyl (C=O) groups is 1. The van der Waals surface area contributed by atoms with Crippen molar-refractivity contribution in [2.75, 3.05) is 10.6 Å². The maximum absolute atomic E-state index is 11.1. The van der Waals surface area contributed by atoms with Gasteiger partial charge in [0.15, 0.2) is 0 Å². The van der Waals surface area contributed by atoms with E-state index in [-0.39, 0.29) is 5.91 Å². The summed E-state index contributed by atoms with van der Waals surface area (Å²) in [6.07, 6.45) is 0.430. The second-order valence-corrected chi connectivity index (χ2v) is 3.50. The predicted molar refractivity (Wildman–Crippen MR) is 53.0 cm³/mol. The van der Waals surface area contributed by atoms with Crippen molar-refractivity contribution in [2.45, 2.75) is 20.3 Å². The molecule has 72 valence electrons. The molecule has 13 heavy (non-hydrogen) atoms. The first-order valence-electron chi connectivity index (χ1n) is 3.94. The molecule has 0 fully saturated rings. The fraction of sp³-hybridized carbons (Fsp3) is 0.500. The van der Waals surface area contributed by atoms with E-state index < -0.39 is 0 Å². The van der Waals surface area contributed by atoms with Crippen molar-refractivity contribution in [1.29, 1.82) is 0 Å². The van der Waals surface area contributed by atoms with Crippen LogP contribution in [0.2, 0.25) is 0 Å². The van der Waals surface area contributed by atoms with Crippen LogP contribution in [0.15, 0.2) is 4.52 Å². The van der Waals surface area contributed by atoms with Crippen molar-refractivity contribution in [2.24, 2.45) is 0 Å². The van der Waals surface area contributed by atoms with E-state index in [0.717, 1.165) is 11.3 Å². The fourth-order valence-electron chi connectivity index (χ4n) is 0.807. The summed E-state index contributed by atoms with van der Waals surface area (Å²) in [5, 5.41) is 7.01. The average molecular weight is 247 g/mol. The third kappa shape index (κ3) is 2.55. The molecule has 1 heterocycles. The fourth-order valence-corrected chi connectivity index (χ4v) is 1.17. The number of rotatable bonds is 3. The molecule has 1 aromatic heterocycles. The van der Waals surface area contributed by atoms with Crippen molar-refractivity contribution in [3.8, 4) is 0 Å². The second kappa shape index (κ2) is 4.41. The summed E-state index contributed by atoms with van der Waals surface area (Å²) in [4.78, 5) is 11.1. The van der Waals surface area contributed by atoms with E-state index >= 15 is 0 Å². The van der Waals surface area contributed by atoms with Crippen LogP contribution in [-0.2, 0) is 4.79 Å². The Morgan fingerprint density at radius 1 is 1.62 bits per heavy atom.